The first-order valence-electron chi connectivity index (χ1n) is 43.0. The highest BCUT2D eigenvalue weighted by molar-refractivity contribution is 5.96. The lowest BCUT2D eigenvalue weighted by Crippen LogP contribution is -2.18. The summed E-state index contributed by atoms with van der Waals surface area (Å²) in [6.07, 6.45) is 72.7. The first-order chi connectivity index (χ1) is 52.2. The van der Waals surface area contributed by atoms with Crippen LogP contribution in [0.3, 0.4) is 0 Å². The van der Waals surface area contributed by atoms with E-state index in [-0.39, 0.29) is 141 Å². The molecule has 0 radical (unpaired) electrons. The van der Waals surface area contributed by atoms with Crippen LogP contribution in [0.4, 0.5) is 0 Å². The van der Waals surface area contributed by atoms with Crippen molar-refractivity contribution < 1.29 is 87.3 Å². The van der Waals surface area contributed by atoms with Crippen LogP contribution >= 0.6 is 0 Å². The monoisotopic (exact) mass is 1530 g/mol. The number of hydrogen-bond acceptors (Lipinski definition) is 16. The molecule has 8 atom stereocenters. The number of carboxylic acids is 2. The summed E-state index contributed by atoms with van der Waals surface area (Å²) >= 11 is 0. The summed E-state index contributed by atoms with van der Waals surface area (Å²) < 4.78 is 19.0. The standard InChI is InChI=1S/2C23H38O4.2C22H36O5.CH4/c1-3-4-5-9-13-16-20(21-18-22(25)27-23(21)26)17-14-11-8-6-7-10-12-15-19(2)24;1-3-4-5-6-7-10-13-16-20(21-18-22(25)27-23(21)26)17-14-11-8-9-12-15-19(2)24;1-2-3-4-5-8-11-14-18(19-17-21(25)27-22(19)26)15-12-9-6-7-10-13-16-20(23)24;1-2-3-4-5-6-7-8-11-14-18(19-17-21(25)27-22(19)26)15-12-9-10-13-16-20(23)24;/h14,17,20-21,24H,2-13,15-16,18H2,1H3;13,16,20-21,24H,2-12,14-15,17-18H2,1H3;12,15,18-19H,2-11,13-14,16-17H2,1H3,(H,23,24);11,14,18-19H,2-10,12-13,15-17H2,1H3,(H,23,24);1H4/b17-14+;16-13+;15-12+;14-11+;. The summed E-state index contributed by atoms with van der Waals surface area (Å²) in [5.74, 6) is -4.84. The maximum Gasteiger partial charge on any atom is 0.317 e. The zero-order valence-corrected chi connectivity index (χ0v) is 67.8. The van der Waals surface area contributed by atoms with Crippen LogP contribution in [0.25, 0.3) is 0 Å². The fourth-order valence-electron chi connectivity index (χ4n) is 14.4. The van der Waals surface area contributed by atoms with E-state index in [0.717, 1.165) is 167 Å². The number of cyclic esters (lactones) is 8. The molecule has 4 aliphatic rings. The number of rotatable bonds is 64. The molecule has 4 saturated heterocycles. The maximum atomic E-state index is 12.0. The summed E-state index contributed by atoms with van der Waals surface area (Å²) in [5.41, 5.74) is 0. The molecule has 0 amide bonds. The van der Waals surface area contributed by atoms with Gasteiger partial charge in [0, 0.05) is 25.7 Å². The zero-order chi connectivity index (χ0) is 79.6. The van der Waals surface area contributed by atoms with E-state index < -0.39 is 23.9 Å². The number of unbranched alkanes of at least 4 members (excludes halogenated alkanes) is 36. The van der Waals surface area contributed by atoms with Crippen LogP contribution in [0.2, 0.25) is 0 Å². The van der Waals surface area contributed by atoms with Crippen LogP contribution in [0.15, 0.2) is 73.3 Å². The molecule has 109 heavy (non-hydrogen) atoms. The maximum absolute atomic E-state index is 12.0. The van der Waals surface area contributed by atoms with Crippen LogP contribution in [0, 0.1) is 47.3 Å². The molecular formula is C91H152O18. The number of carboxylic acid groups (broad SMARTS) is 2. The van der Waals surface area contributed by atoms with Gasteiger partial charge in [-0.2, -0.15) is 0 Å². The molecule has 0 aromatic rings. The summed E-state index contributed by atoms with van der Waals surface area (Å²) in [4.78, 5) is 115. The average molecular weight is 1530 g/mol. The van der Waals surface area contributed by atoms with Crippen molar-refractivity contribution in [1.82, 2.24) is 0 Å². The van der Waals surface area contributed by atoms with E-state index in [0.29, 0.717) is 19.3 Å². The first-order valence-corrected chi connectivity index (χ1v) is 43.0. The molecular weight excluding hydrogens is 1380 g/mol. The van der Waals surface area contributed by atoms with E-state index >= 15 is 0 Å². The topological polar surface area (TPSA) is 289 Å². The van der Waals surface area contributed by atoms with Gasteiger partial charge in [0.05, 0.1) is 60.9 Å². The highest BCUT2D eigenvalue weighted by Gasteiger charge is 2.41. The van der Waals surface area contributed by atoms with Gasteiger partial charge in [-0.25, -0.2) is 0 Å². The van der Waals surface area contributed by atoms with Crippen LogP contribution < -0.4 is 0 Å². The predicted molar refractivity (Wildman–Crippen MR) is 436 cm³/mol. The Morgan fingerprint density at radius 3 is 0.670 bits per heavy atom. The molecule has 18 heteroatoms. The smallest absolute Gasteiger partial charge is 0.317 e. The summed E-state index contributed by atoms with van der Waals surface area (Å²) in [5, 5.41) is 35.4. The van der Waals surface area contributed by atoms with Gasteiger partial charge in [-0.3, -0.25) is 47.9 Å². The Kier molecular flexibility index (Phi) is 65.4. The van der Waals surface area contributed by atoms with Gasteiger partial charge in [0.2, 0.25) is 0 Å². The molecule has 18 nitrogen and oxygen atoms in total. The molecule has 4 heterocycles. The minimum atomic E-state index is -0.752. The third-order valence-electron chi connectivity index (χ3n) is 21.0. The predicted octanol–water partition coefficient (Wildman–Crippen LogP) is 24.3. The summed E-state index contributed by atoms with van der Waals surface area (Å²) in [6.45, 7) is 15.8. The van der Waals surface area contributed by atoms with Gasteiger partial charge in [0.15, 0.2) is 0 Å². The Hall–Kier alpha value is -6.46. The molecule has 624 valence electrons. The summed E-state index contributed by atoms with van der Waals surface area (Å²) in [6, 6.07) is 0. The molecule has 0 aliphatic carbocycles. The lowest BCUT2D eigenvalue weighted by atomic mass is 9.86. The third-order valence-corrected chi connectivity index (χ3v) is 21.0. The minimum Gasteiger partial charge on any atom is -0.513 e. The molecule has 0 aromatic heterocycles. The van der Waals surface area contributed by atoms with Gasteiger partial charge in [0.25, 0.3) is 0 Å². The fraction of sp³-hybridized carbons (Fsp3) is 0.758. The van der Waals surface area contributed by atoms with Crippen molar-refractivity contribution >= 4 is 59.7 Å². The molecule has 0 spiro atoms. The Balaban J connectivity index is 0.00000142. The van der Waals surface area contributed by atoms with Crippen molar-refractivity contribution in [2.24, 2.45) is 47.3 Å². The van der Waals surface area contributed by atoms with Crippen LogP contribution in [0.5, 0.6) is 0 Å². The quantitative estimate of drug-likeness (QED) is 0.0110. The third kappa shape index (κ3) is 56.4. The van der Waals surface area contributed by atoms with Gasteiger partial charge in [-0.15, -0.1) is 0 Å². The highest BCUT2D eigenvalue weighted by atomic mass is 16.6. The van der Waals surface area contributed by atoms with Gasteiger partial charge >= 0.3 is 59.7 Å². The minimum absolute atomic E-state index is 0. The fourth-order valence-corrected chi connectivity index (χ4v) is 14.4. The van der Waals surface area contributed by atoms with Crippen molar-refractivity contribution in [3.63, 3.8) is 0 Å². The summed E-state index contributed by atoms with van der Waals surface area (Å²) in [7, 11) is 0. The van der Waals surface area contributed by atoms with E-state index in [1.54, 1.807) is 0 Å². The van der Waals surface area contributed by atoms with E-state index in [1.165, 1.54) is 135 Å². The van der Waals surface area contributed by atoms with E-state index in [4.69, 9.17) is 39.4 Å². The number of aliphatic hydroxyl groups excluding tert-OH is 2. The number of allylic oxidation sites excluding steroid dienone is 10. The highest BCUT2D eigenvalue weighted by Crippen LogP contribution is 2.35. The largest absolute Gasteiger partial charge is 0.513 e. The van der Waals surface area contributed by atoms with Gasteiger partial charge in [-0.05, 0) is 126 Å². The second-order valence-corrected chi connectivity index (χ2v) is 30.7. The average Bonchev–Trinajstić information content (AvgIpc) is 1.75. The van der Waals surface area contributed by atoms with Crippen molar-refractivity contribution in [2.45, 2.75) is 395 Å². The Bertz CT molecular complexity index is 2630. The molecule has 0 bridgehead atoms. The number of carbonyl (C=O) groups is 10. The van der Waals surface area contributed by atoms with Gasteiger partial charge < -0.3 is 39.4 Å². The molecule has 8 unspecified atom stereocenters. The number of aliphatic hydroxyl groups is 2. The van der Waals surface area contributed by atoms with Crippen molar-refractivity contribution in [3.8, 4) is 0 Å². The second kappa shape index (κ2) is 69.5. The molecule has 4 fully saturated rings. The SMILES string of the molecule is C.C=C(O)CCCCCCC/C=C/C(CCCCCCC)C1CC(=O)OC1=O.C=C(O)CCCCCCCC(/C=C/CCCCCCC)C1CC(=O)OC1=O.CCCCCCCC/C=C/C(CCCCCCC(=O)O)C1CC(=O)OC1=O.CCCCCCCCC(/C=C/CCCCCCC(=O)O)C1CC(=O)OC1=O. The Morgan fingerprint density at radius 2 is 0.486 bits per heavy atom. The number of carbonyl (C=O) groups excluding carboxylic acids is 8. The van der Waals surface area contributed by atoms with Crippen molar-refractivity contribution in [2.75, 3.05) is 0 Å². The van der Waals surface area contributed by atoms with Gasteiger partial charge in [0.1, 0.15) is 0 Å². The molecule has 4 N–H and O–H groups in total. The molecule has 4 rings (SSSR count). The number of aliphatic carboxylic acids is 2. The number of hydrogen-bond donors (Lipinski definition) is 4. The number of ether oxygens (including phenoxy) is 4. The molecule has 4 aliphatic heterocycles. The first kappa shape index (κ1) is 103. The molecule has 0 aromatic carbocycles. The van der Waals surface area contributed by atoms with Crippen molar-refractivity contribution in [3.05, 3.63) is 73.3 Å². The van der Waals surface area contributed by atoms with Crippen LogP contribution in [-0.4, -0.2) is 80.1 Å². The van der Waals surface area contributed by atoms with Gasteiger partial charge in [-0.1, -0.05) is 302 Å². The Labute approximate surface area is 659 Å². The Morgan fingerprint density at radius 1 is 0.303 bits per heavy atom. The molecule has 0 saturated carbocycles. The normalized spacial score (nSPS) is 18.0. The van der Waals surface area contributed by atoms with E-state index in [2.05, 4.69) is 89.5 Å². The second-order valence-electron chi connectivity index (χ2n) is 30.7. The lowest BCUT2D eigenvalue weighted by molar-refractivity contribution is -0.155. The number of esters is 8. The van der Waals surface area contributed by atoms with Crippen LogP contribution in [-0.2, 0) is 66.9 Å². The van der Waals surface area contributed by atoms with Crippen LogP contribution in [0.1, 0.15) is 395 Å². The lowest BCUT2D eigenvalue weighted by Gasteiger charge is -2.16. The zero-order valence-electron chi connectivity index (χ0n) is 67.8. The van der Waals surface area contributed by atoms with E-state index in [1.807, 2.05) is 0 Å². The van der Waals surface area contributed by atoms with E-state index in [9.17, 15) is 47.9 Å². The van der Waals surface area contributed by atoms with Crippen molar-refractivity contribution in [1.29, 1.82) is 0 Å².